The van der Waals surface area contributed by atoms with E-state index in [0.717, 1.165) is 39.2 Å². The van der Waals surface area contributed by atoms with Crippen molar-refractivity contribution in [3.05, 3.63) is 46.4 Å². The zero-order valence-electron chi connectivity index (χ0n) is 15.3. The number of pyridine rings is 1. The van der Waals surface area contributed by atoms with Crippen LogP contribution in [0.5, 0.6) is 5.75 Å². The van der Waals surface area contributed by atoms with Crippen LogP contribution in [-0.4, -0.2) is 63.0 Å². The first-order valence-corrected chi connectivity index (χ1v) is 9.68. The minimum atomic E-state index is -1.07. The monoisotopic (exact) mass is 384 g/mol. The number of phenolic OH excluding ortho intramolecular Hbond substituents is 1. The summed E-state index contributed by atoms with van der Waals surface area (Å²) >= 11 is 1.67. The highest BCUT2D eigenvalue weighted by Crippen LogP contribution is 2.34. The number of aromatic hydroxyl groups is 1. The first kappa shape index (κ1) is 17.5. The molecular weight excluding hydrogens is 364 g/mol. The lowest BCUT2D eigenvalue weighted by Gasteiger charge is -2.16. The molecule has 2 aromatic heterocycles. The van der Waals surface area contributed by atoms with Gasteiger partial charge in [-0.2, -0.15) is 0 Å². The smallest absolute Gasteiger partial charge is 0.354 e. The summed E-state index contributed by atoms with van der Waals surface area (Å²) in [6.45, 7) is 0.786. The van der Waals surface area contributed by atoms with E-state index in [1.165, 1.54) is 0 Å². The Bertz CT molecular complexity index is 1110. The van der Waals surface area contributed by atoms with Gasteiger partial charge in [-0.15, -0.1) is 11.8 Å². The topological polar surface area (TPSA) is 92.7 Å². The van der Waals surface area contributed by atoms with Gasteiger partial charge in [0.1, 0.15) is 11.4 Å². The Morgan fingerprint density at radius 3 is 2.74 bits per heavy atom. The van der Waals surface area contributed by atoms with E-state index in [9.17, 15) is 15.0 Å². The fourth-order valence-corrected chi connectivity index (χ4v) is 4.51. The Morgan fingerprint density at radius 1 is 1.26 bits per heavy atom. The van der Waals surface area contributed by atoms with Gasteiger partial charge < -0.3 is 25.0 Å². The number of phenols is 1. The van der Waals surface area contributed by atoms with Crippen LogP contribution in [0.2, 0.25) is 0 Å². The molecule has 3 heterocycles. The van der Waals surface area contributed by atoms with Gasteiger partial charge in [0.15, 0.2) is 0 Å². The number of hydrogen-bond donors (Lipinski definition) is 3. The average Bonchev–Trinajstić information content (AvgIpc) is 3.11. The van der Waals surface area contributed by atoms with E-state index >= 15 is 0 Å². The molecular formula is C19H20N4O3S. The lowest BCUT2D eigenvalue weighted by molar-refractivity contribution is 0.0690. The fourth-order valence-electron chi connectivity index (χ4n) is 3.68. The van der Waals surface area contributed by atoms with Crippen molar-refractivity contribution in [3.63, 3.8) is 0 Å². The van der Waals surface area contributed by atoms with Crippen LogP contribution in [0, 0.1) is 0 Å². The molecule has 0 aliphatic carbocycles. The number of benzene rings is 1. The molecule has 3 N–H and O–H groups in total. The summed E-state index contributed by atoms with van der Waals surface area (Å²) in [5.74, 6) is -0.924. The second kappa shape index (κ2) is 6.38. The molecule has 1 aromatic carbocycles. The van der Waals surface area contributed by atoms with Crippen LogP contribution in [0.4, 0.5) is 0 Å². The zero-order valence-corrected chi connectivity index (χ0v) is 16.1. The molecule has 0 unspecified atom stereocenters. The van der Waals surface area contributed by atoms with Crippen LogP contribution in [0.25, 0.3) is 21.8 Å². The van der Waals surface area contributed by atoms with Crippen molar-refractivity contribution in [2.45, 2.75) is 6.42 Å². The van der Waals surface area contributed by atoms with Gasteiger partial charge >= 0.3 is 5.97 Å². The number of rotatable bonds is 4. The van der Waals surface area contributed by atoms with Crippen LogP contribution in [0.1, 0.15) is 16.2 Å². The number of aromatic nitrogens is 2. The Hall–Kier alpha value is -2.87. The number of carbonyl (C=O) groups is 1. The van der Waals surface area contributed by atoms with Gasteiger partial charge in [-0.25, -0.2) is 9.78 Å². The Labute approximate surface area is 160 Å². The maximum absolute atomic E-state index is 11.6. The first-order valence-electron chi connectivity index (χ1n) is 8.46. The lowest BCUT2D eigenvalue weighted by atomic mass is 10.1. The molecule has 8 heteroatoms. The lowest BCUT2D eigenvalue weighted by Crippen LogP contribution is -2.21. The summed E-state index contributed by atoms with van der Waals surface area (Å²) in [7, 11) is 4.06. The number of likely N-dealkylation sites (N-methyl/N-ethyl adjacent to an activating group) is 1. The number of carboxylic acids is 1. The van der Waals surface area contributed by atoms with E-state index in [1.54, 1.807) is 36.0 Å². The normalized spacial score (nSPS) is 14.8. The van der Waals surface area contributed by atoms with Gasteiger partial charge in [0, 0.05) is 36.8 Å². The van der Waals surface area contributed by atoms with Crippen molar-refractivity contribution in [2.75, 3.05) is 27.0 Å². The maximum Gasteiger partial charge on any atom is 0.354 e. The molecule has 0 fully saturated rings. The Balaban J connectivity index is 1.95. The van der Waals surface area contributed by atoms with Gasteiger partial charge in [0.25, 0.3) is 0 Å². The number of aromatic amines is 1. The zero-order chi connectivity index (χ0) is 19.3. The molecule has 1 aliphatic rings. The minimum Gasteiger partial charge on any atom is -0.508 e. The average molecular weight is 384 g/mol. The van der Waals surface area contributed by atoms with E-state index in [4.69, 9.17) is 0 Å². The summed E-state index contributed by atoms with van der Waals surface area (Å²) in [5.41, 5.74) is 3.44. The summed E-state index contributed by atoms with van der Waals surface area (Å²) < 4.78 is 0. The second-order valence-electron chi connectivity index (χ2n) is 6.71. The molecule has 0 saturated heterocycles. The third-order valence-electron chi connectivity index (χ3n) is 4.87. The number of H-pyrrole nitrogens is 1. The van der Waals surface area contributed by atoms with Crippen LogP contribution >= 0.6 is 11.8 Å². The number of carboxylic acid groups (broad SMARTS) is 1. The largest absolute Gasteiger partial charge is 0.508 e. The van der Waals surface area contributed by atoms with Gasteiger partial charge in [-0.1, -0.05) is 0 Å². The molecule has 0 radical (unpaired) electrons. The number of nitrogens with zero attached hydrogens (tertiary/aromatic N) is 3. The first-order chi connectivity index (χ1) is 12.9. The maximum atomic E-state index is 11.6. The SMILES string of the molecule is CSC1=C(Cc2nc(C(=O)O)cc3c2[nH]c2ccc(O)cc23)N(C)CN1C. The summed E-state index contributed by atoms with van der Waals surface area (Å²) in [4.78, 5) is 23.7. The Morgan fingerprint density at radius 2 is 2.04 bits per heavy atom. The molecule has 4 rings (SSSR count). The molecule has 1 aliphatic heterocycles. The van der Waals surface area contributed by atoms with Gasteiger partial charge in [-0.05, 0) is 30.5 Å². The molecule has 3 aromatic rings. The molecule has 0 bridgehead atoms. The van der Waals surface area contributed by atoms with Crippen LogP contribution in [-0.2, 0) is 6.42 Å². The molecule has 0 saturated carbocycles. The highest BCUT2D eigenvalue weighted by atomic mass is 32.2. The number of thioether (sulfide) groups is 1. The van der Waals surface area contributed by atoms with Crippen LogP contribution < -0.4 is 0 Å². The van der Waals surface area contributed by atoms with Gasteiger partial charge in [0.05, 0.1) is 28.6 Å². The van der Waals surface area contributed by atoms with Crippen molar-refractivity contribution < 1.29 is 15.0 Å². The molecule has 0 spiro atoms. The van der Waals surface area contributed by atoms with Crippen LogP contribution in [0.15, 0.2) is 35.0 Å². The predicted octanol–water partition coefficient (Wildman–Crippen LogP) is 3.03. The van der Waals surface area contributed by atoms with Crippen molar-refractivity contribution >= 4 is 39.5 Å². The fraction of sp³-hybridized carbons (Fsp3) is 0.263. The highest BCUT2D eigenvalue weighted by molar-refractivity contribution is 8.02. The van der Waals surface area contributed by atoms with E-state index in [0.29, 0.717) is 12.1 Å². The number of fused-ring (bicyclic) bond motifs is 3. The third kappa shape index (κ3) is 2.86. The van der Waals surface area contributed by atoms with Crippen LogP contribution in [0.3, 0.4) is 0 Å². The summed E-state index contributed by atoms with van der Waals surface area (Å²) in [5, 5.41) is 22.1. The minimum absolute atomic E-state index is 0.00190. The number of allylic oxidation sites excluding steroid dienone is 1. The third-order valence-corrected chi connectivity index (χ3v) is 5.81. The van der Waals surface area contributed by atoms with Crippen molar-refractivity contribution in [1.29, 1.82) is 0 Å². The number of aromatic carboxylic acids is 1. The van der Waals surface area contributed by atoms with E-state index < -0.39 is 5.97 Å². The predicted molar refractivity (Wildman–Crippen MR) is 107 cm³/mol. The van der Waals surface area contributed by atoms with Gasteiger partial charge in [0.2, 0.25) is 0 Å². The molecule has 7 nitrogen and oxygen atoms in total. The molecule has 0 atom stereocenters. The number of hydrogen-bond acceptors (Lipinski definition) is 6. The Kier molecular flexibility index (Phi) is 4.15. The molecule has 0 amide bonds. The van der Waals surface area contributed by atoms with Crippen molar-refractivity contribution in [3.8, 4) is 5.75 Å². The highest BCUT2D eigenvalue weighted by Gasteiger charge is 2.25. The van der Waals surface area contributed by atoms with E-state index in [-0.39, 0.29) is 11.4 Å². The van der Waals surface area contributed by atoms with E-state index in [1.807, 2.05) is 20.4 Å². The quantitative estimate of drug-likeness (QED) is 0.637. The van der Waals surface area contributed by atoms with Crippen molar-refractivity contribution in [1.82, 2.24) is 19.8 Å². The van der Waals surface area contributed by atoms with E-state index in [2.05, 4.69) is 19.8 Å². The van der Waals surface area contributed by atoms with Gasteiger partial charge in [-0.3, -0.25) is 0 Å². The second-order valence-corrected chi connectivity index (χ2v) is 7.50. The summed E-state index contributed by atoms with van der Waals surface area (Å²) in [6, 6.07) is 6.60. The number of nitrogens with one attached hydrogen (secondary N) is 1. The molecule has 27 heavy (non-hydrogen) atoms. The van der Waals surface area contributed by atoms with Crippen molar-refractivity contribution in [2.24, 2.45) is 0 Å². The molecule has 140 valence electrons. The summed E-state index contributed by atoms with van der Waals surface area (Å²) in [6.07, 6.45) is 2.56. The standard InChI is InChI=1S/C19H20N4O3S/c1-22-9-23(2)18(27-3)16(22)8-14-17-12(7-15(20-14)19(25)26)11-6-10(24)4-5-13(11)21-17/h4-7,21,24H,8-9H2,1-3H3,(H,25,26).